The lowest BCUT2D eigenvalue weighted by atomic mass is 10.0. The van der Waals surface area contributed by atoms with Gasteiger partial charge in [0.25, 0.3) is 5.91 Å². The van der Waals surface area contributed by atoms with Gasteiger partial charge in [0.2, 0.25) is 5.91 Å². The van der Waals surface area contributed by atoms with Gasteiger partial charge < -0.3 is 24.0 Å². The van der Waals surface area contributed by atoms with Gasteiger partial charge in [0, 0.05) is 29.1 Å². The smallest absolute Gasteiger partial charge is 0.254 e. The number of hydrogen-bond acceptors (Lipinski definition) is 6. The molecule has 0 radical (unpaired) electrons. The van der Waals surface area contributed by atoms with Gasteiger partial charge in [-0.25, -0.2) is 0 Å². The summed E-state index contributed by atoms with van der Waals surface area (Å²) in [6.45, 7) is 0.982. The van der Waals surface area contributed by atoms with Gasteiger partial charge in [-0.2, -0.15) is 0 Å². The van der Waals surface area contributed by atoms with E-state index in [0.717, 1.165) is 30.6 Å². The molecule has 0 spiro atoms. The number of hydrogen-bond donors (Lipinski definition) is 0. The van der Waals surface area contributed by atoms with Crippen molar-refractivity contribution in [2.45, 2.75) is 31.3 Å². The molecule has 2 aliphatic rings. The summed E-state index contributed by atoms with van der Waals surface area (Å²) in [7, 11) is 3.20. The lowest BCUT2D eigenvalue weighted by Crippen LogP contribution is -2.48. The van der Waals surface area contributed by atoms with Gasteiger partial charge in [-0.3, -0.25) is 9.59 Å². The molecule has 7 nitrogen and oxygen atoms in total. The molecule has 1 aliphatic carbocycles. The lowest BCUT2D eigenvalue weighted by molar-refractivity contribution is -0.135. The van der Waals surface area contributed by atoms with Gasteiger partial charge in [-0.15, -0.1) is 11.3 Å². The van der Waals surface area contributed by atoms with Crippen molar-refractivity contribution < 1.29 is 23.8 Å². The predicted octanol–water partition coefficient (Wildman–Crippen LogP) is 4.57. The van der Waals surface area contributed by atoms with E-state index >= 15 is 0 Å². The molecule has 188 valence electrons. The van der Waals surface area contributed by atoms with Crippen molar-refractivity contribution in [1.29, 1.82) is 0 Å². The molecule has 2 amide bonds. The first-order valence-electron chi connectivity index (χ1n) is 12.1. The van der Waals surface area contributed by atoms with Gasteiger partial charge in [0.15, 0.2) is 0 Å². The highest BCUT2D eigenvalue weighted by molar-refractivity contribution is 7.10. The molecular formula is C28H30N2O5S. The Labute approximate surface area is 215 Å². The first-order chi connectivity index (χ1) is 17.6. The second kappa shape index (κ2) is 10.6. The number of nitrogens with zero attached hydrogens (tertiary/aromatic N) is 2. The summed E-state index contributed by atoms with van der Waals surface area (Å²) in [6.07, 6.45) is 2.64. The SMILES string of the molecule is COc1cccc(OCC2c3ccsc3CCN2C(=O)CN(C(=O)c2cccc(OC)c2)C2CC2)c1. The number of rotatable bonds is 9. The van der Waals surface area contributed by atoms with Crippen molar-refractivity contribution in [1.82, 2.24) is 9.80 Å². The molecule has 8 heteroatoms. The van der Waals surface area contributed by atoms with Crippen molar-refractivity contribution >= 4 is 23.2 Å². The van der Waals surface area contributed by atoms with Crippen LogP contribution in [-0.2, 0) is 11.2 Å². The highest BCUT2D eigenvalue weighted by Gasteiger charge is 2.38. The zero-order valence-corrected chi connectivity index (χ0v) is 21.3. The van der Waals surface area contributed by atoms with Crippen LogP contribution < -0.4 is 14.2 Å². The van der Waals surface area contributed by atoms with Gasteiger partial charge in [0.1, 0.15) is 30.4 Å². The number of benzene rings is 2. The fourth-order valence-corrected chi connectivity index (χ4v) is 5.58. The third-order valence-corrected chi connectivity index (χ3v) is 7.73. The fourth-order valence-electron chi connectivity index (χ4n) is 4.65. The van der Waals surface area contributed by atoms with E-state index in [1.54, 1.807) is 48.7 Å². The minimum Gasteiger partial charge on any atom is -0.497 e. The molecule has 2 aromatic carbocycles. The average Bonchev–Trinajstić information content (AvgIpc) is 3.65. The Balaban J connectivity index is 1.34. The molecule has 0 saturated heterocycles. The topological polar surface area (TPSA) is 68.3 Å². The number of thiophene rings is 1. The standard InChI is InChI=1S/C28H30N2O5S/c1-33-21-6-3-5-19(15-21)28(32)30(20-9-10-20)17-27(31)29-13-11-26-24(12-14-36-26)25(29)18-35-23-8-4-7-22(16-23)34-2/h3-8,12,14-16,20,25H,9-11,13,17-18H2,1-2H3. The summed E-state index contributed by atoms with van der Waals surface area (Å²) in [5.41, 5.74) is 1.66. The molecule has 3 aromatic rings. The van der Waals surface area contributed by atoms with Crippen molar-refractivity contribution in [3.05, 3.63) is 76.0 Å². The van der Waals surface area contributed by atoms with Crippen LogP contribution in [0.1, 0.15) is 39.7 Å². The van der Waals surface area contributed by atoms with Crippen LogP contribution in [0.4, 0.5) is 0 Å². The normalized spacial score (nSPS) is 16.7. The molecule has 1 aromatic heterocycles. The molecule has 36 heavy (non-hydrogen) atoms. The minimum absolute atomic E-state index is 0.0514. The Morgan fingerprint density at radius 2 is 1.72 bits per heavy atom. The quantitative estimate of drug-likeness (QED) is 0.425. The van der Waals surface area contributed by atoms with E-state index in [4.69, 9.17) is 14.2 Å². The van der Waals surface area contributed by atoms with E-state index in [9.17, 15) is 9.59 Å². The first-order valence-corrected chi connectivity index (χ1v) is 13.0. The second-order valence-corrected chi connectivity index (χ2v) is 10.0. The highest BCUT2D eigenvalue weighted by atomic mass is 32.1. The number of carbonyl (C=O) groups is 2. The maximum Gasteiger partial charge on any atom is 0.254 e. The molecule has 1 saturated carbocycles. The summed E-state index contributed by atoms with van der Waals surface area (Å²) in [6, 6.07) is 16.5. The zero-order chi connectivity index (χ0) is 25.1. The van der Waals surface area contributed by atoms with E-state index in [1.165, 1.54) is 4.88 Å². The fraction of sp³-hybridized carbons (Fsp3) is 0.357. The number of amides is 2. The molecule has 1 fully saturated rings. The Hall–Kier alpha value is -3.52. The maximum absolute atomic E-state index is 13.7. The van der Waals surface area contributed by atoms with Gasteiger partial charge in [-0.05, 0) is 66.6 Å². The minimum atomic E-state index is -0.216. The van der Waals surface area contributed by atoms with Crippen molar-refractivity contribution in [3.63, 3.8) is 0 Å². The van der Waals surface area contributed by atoms with Crippen molar-refractivity contribution in [2.24, 2.45) is 0 Å². The molecule has 5 rings (SSSR count). The Kier molecular flexibility index (Phi) is 7.13. The van der Waals surface area contributed by atoms with Crippen LogP contribution in [0.2, 0.25) is 0 Å². The average molecular weight is 507 g/mol. The van der Waals surface area contributed by atoms with Crippen LogP contribution in [-0.4, -0.2) is 61.6 Å². The monoisotopic (exact) mass is 506 g/mol. The summed E-state index contributed by atoms with van der Waals surface area (Å²) < 4.78 is 16.7. The highest BCUT2D eigenvalue weighted by Crippen LogP contribution is 2.35. The Morgan fingerprint density at radius 3 is 2.47 bits per heavy atom. The van der Waals surface area contributed by atoms with Crippen molar-refractivity contribution in [2.75, 3.05) is 33.9 Å². The summed E-state index contributed by atoms with van der Waals surface area (Å²) >= 11 is 1.72. The van der Waals surface area contributed by atoms with Gasteiger partial charge >= 0.3 is 0 Å². The number of carbonyl (C=O) groups excluding carboxylic acids is 2. The first kappa shape index (κ1) is 24.2. The van der Waals surface area contributed by atoms with E-state index in [2.05, 4.69) is 11.4 Å². The Morgan fingerprint density at radius 1 is 1.00 bits per heavy atom. The summed E-state index contributed by atoms with van der Waals surface area (Å²) in [5.74, 6) is 1.84. The molecule has 1 aliphatic heterocycles. The molecule has 1 unspecified atom stereocenters. The van der Waals surface area contributed by atoms with Crippen LogP contribution in [0.25, 0.3) is 0 Å². The lowest BCUT2D eigenvalue weighted by Gasteiger charge is -2.37. The third kappa shape index (κ3) is 5.18. The Bertz CT molecular complexity index is 1240. The maximum atomic E-state index is 13.7. The van der Waals surface area contributed by atoms with Gasteiger partial charge in [-0.1, -0.05) is 12.1 Å². The number of ether oxygens (including phenoxy) is 3. The molecule has 0 bridgehead atoms. The summed E-state index contributed by atoms with van der Waals surface area (Å²) in [5, 5.41) is 2.07. The second-order valence-electron chi connectivity index (χ2n) is 9.04. The van der Waals surface area contributed by atoms with Gasteiger partial charge in [0.05, 0.1) is 20.3 Å². The molecule has 2 heterocycles. The van der Waals surface area contributed by atoms with Crippen LogP contribution >= 0.6 is 11.3 Å². The predicted molar refractivity (Wildman–Crippen MR) is 138 cm³/mol. The summed E-state index contributed by atoms with van der Waals surface area (Å²) in [4.78, 5) is 32.0. The van der Waals surface area contributed by atoms with E-state index < -0.39 is 0 Å². The largest absolute Gasteiger partial charge is 0.497 e. The number of methoxy groups -OCH3 is 2. The van der Waals surface area contributed by atoms with Crippen molar-refractivity contribution in [3.8, 4) is 17.2 Å². The van der Waals surface area contributed by atoms with Crippen LogP contribution in [0.15, 0.2) is 60.0 Å². The van der Waals surface area contributed by atoms with Crippen LogP contribution in [0.3, 0.4) is 0 Å². The molecule has 0 N–H and O–H groups in total. The van der Waals surface area contributed by atoms with E-state index in [-0.39, 0.29) is 30.4 Å². The number of fused-ring (bicyclic) bond motifs is 1. The zero-order valence-electron chi connectivity index (χ0n) is 20.5. The molecular weight excluding hydrogens is 476 g/mol. The third-order valence-electron chi connectivity index (χ3n) is 6.74. The van der Waals surface area contributed by atoms with E-state index in [0.29, 0.717) is 30.2 Å². The van der Waals surface area contributed by atoms with E-state index in [1.807, 2.05) is 35.2 Å². The van der Waals surface area contributed by atoms with Crippen LogP contribution in [0, 0.1) is 0 Å². The molecule has 1 atom stereocenters. The van der Waals surface area contributed by atoms with Crippen LogP contribution in [0.5, 0.6) is 17.2 Å².